The van der Waals surface area contributed by atoms with Crippen LogP contribution in [0.2, 0.25) is 0 Å². The summed E-state index contributed by atoms with van der Waals surface area (Å²) in [5.74, 6) is 0. The van der Waals surface area contributed by atoms with Crippen LogP contribution in [0.1, 0.15) is 5.56 Å². The third kappa shape index (κ3) is 1.56. The van der Waals surface area contributed by atoms with Gasteiger partial charge in [-0.2, -0.15) is 5.26 Å². The minimum atomic E-state index is 0.441. The number of thiol groups is 1. The van der Waals surface area contributed by atoms with E-state index in [0.29, 0.717) is 6.42 Å². The minimum absolute atomic E-state index is 0.441. The number of halogens is 1. The van der Waals surface area contributed by atoms with E-state index in [9.17, 15) is 0 Å². The van der Waals surface area contributed by atoms with Gasteiger partial charge in [0.05, 0.1) is 12.5 Å². The number of nitriles is 1. The van der Waals surface area contributed by atoms with Crippen LogP contribution in [0.15, 0.2) is 26.9 Å². The quantitative estimate of drug-likeness (QED) is 0.786. The minimum Gasteiger partial charge on any atom is -0.198 e. The molecule has 2 aromatic rings. The molecule has 1 nitrogen and oxygen atoms in total. The van der Waals surface area contributed by atoms with Gasteiger partial charge in [0.2, 0.25) is 0 Å². The molecule has 0 N–H and O–H groups in total. The molecule has 0 unspecified atom stereocenters. The summed E-state index contributed by atoms with van der Waals surface area (Å²) in [7, 11) is 0. The van der Waals surface area contributed by atoms with Crippen LogP contribution >= 0.6 is 39.9 Å². The molecule has 1 aromatic carbocycles. The van der Waals surface area contributed by atoms with Crippen molar-refractivity contribution >= 4 is 50.0 Å². The summed E-state index contributed by atoms with van der Waals surface area (Å²) in [6, 6.07) is 6.15. The molecule has 0 saturated heterocycles. The summed E-state index contributed by atoms with van der Waals surface area (Å²) in [4.78, 5) is 0.995. The molecule has 0 aliphatic rings. The first-order valence-electron chi connectivity index (χ1n) is 3.98. The van der Waals surface area contributed by atoms with E-state index >= 15 is 0 Å². The van der Waals surface area contributed by atoms with Crippen LogP contribution in [0.5, 0.6) is 0 Å². The van der Waals surface area contributed by atoms with E-state index in [4.69, 9.17) is 5.26 Å². The van der Waals surface area contributed by atoms with Crippen LogP contribution in [0, 0.1) is 11.3 Å². The van der Waals surface area contributed by atoms with Crippen molar-refractivity contribution in [3.8, 4) is 6.07 Å². The Hall–Kier alpha value is -0.500. The van der Waals surface area contributed by atoms with E-state index in [-0.39, 0.29) is 0 Å². The Kier molecular flexibility index (Phi) is 2.82. The SMILES string of the molecule is N#CCc1ccc2c(S)csc2c1Br. The molecule has 4 heteroatoms. The van der Waals surface area contributed by atoms with Crippen molar-refractivity contribution in [3.63, 3.8) is 0 Å². The second-order valence-corrected chi connectivity index (χ2v) is 5.03. The van der Waals surface area contributed by atoms with Crippen molar-refractivity contribution in [1.82, 2.24) is 0 Å². The summed E-state index contributed by atoms with van der Waals surface area (Å²) in [5, 5.41) is 11.8. The lowest BCUT2D eigenvalue weighted by Crippen LogP contribution is -1.83. The Balaban J connectivity index is 2.71. The Labute approximate surface area is 99.9 Å². The van der Waals surface area contributed by atoms with Gasteiger partial charge in [-0.1, -0.05) is 12.1 Å². The molecule has 0 saturated carbocycles. The maximum Gasteiger partial charge on any atom is 0.0670 e. The Morgan fingerprint density at radius 1 is 1.50 bits per heavy atom. The topological polar surface area (TPSA) is 23.8 Å². The van der Waals surface area contributed by atoms with Crippen molar-refractivity contribution in [2.45, 2.75) is 11.3 Å². The van der Waals surface area contributed by atoms with Crippen LogP contribution in [-0.4, -0.2) is 0 Å². The Bertz CT molecular complexity index is 525. The van der Waals surface area contributed by atoms with E-state index in [2.05, 4.69) is 34.6 Å². The van der Waals surface area contributed by atoms with Crippen LogP contribution in [0.25, 0.3) is 10.1 Å². The highest BCUT2D eigenvalue weighted by molar-refractivity contribution is 9.10. The van der Waals surface area contributed by atoms with E-state index in [0.717, 1.165) is 20.3 Å². The van der Waals surface area contributed by atoms with Crippen molar-refractivity contribution in [2.75, 3.05) is 0 Å². The largest absolute Gasteiger partial charge is 0.198 e. The summed E-state index contributed by atoms with van der Waals surface area (Å²) in [6.07, 6.45) is 0.441. The Morgan fingerprint density at radius 3 is 3.00 bits per heavy atom. The maximum atomic E-state index is 8.64. The van der Waals surface area contributed by atoms with Gasteiger partial charge in [0.1, 0.15) is 0 Å². The zero-order chi connectivity index (χ0) is 10.1. The van der Waals surface area contributed by atoms with E-state index in [1.165, 1.54) is 4.70 Å². The molecule has 0 amide bonds. The molecule has 70 valence electrons. The average Bonchev–Trinajstić information content (AvgIpc) is 2.54. The second kappa shape index (κ2) is 3.93. The molecule has 1 aromatic heterocycles. The fraction of sp³-hybridized carbons (Fsp3) is 0.100. The second-order valence-electron chi connectivity index (χ2n) is 2.87. The molecule has 0 spiro atoms. The van der Waals surface area contributed by atoms with E-state index in [1.807, 2.05) is 17.5 Å². The monoisotopic (exact) mass is 283 g/mol. The van der Waals surface area contributed by atoms with Crippen LogP contribution in [-0.2, 0) is 6.42 Å². The van der Waals surface area contributed by atoms with Gasteiger partial charge in [-0.3, -0.25) is 0 Å². The number of nitrogens with zero attached hydrogens (tertiary/aromatic N) is 1. The van der Waals surface area contributed by atoms with Gasteiger partial charge >= 0.3 is 0 Å². The zero-order valence-corrected chi connectivity index (χ0v) is 10.4. The highest BCUT2D eigenvalue weighted by Gasteiger charge is 2.08. The molecule has 0 atom stereocenters. The van der Waals surface area contributed by atoms with Gasteiger partial charge in [-0.05, 0) is 21.5 Å². The molecule has 14 heavy (non-hydrogen) atoms. The lowest BCUT2D eigenvalue weighted by Gasteiger charge is -2.00. The van der Waals surface area contributed by atoms with Crippen molar-refractivity contribution in [3.05, 3.63) is 27.5 Å². The number of thiophene rings is 1. The summed E-state index contributed by atoms with van der Waals surface area (Å²) in [5.41, 5.74) is 1.04. The first kappa shape index (κ1) is 10.0. The van der Waals surface area contributed by atoms with Gasteiger partial charge in [0.25, 0.3) is 0 Å². The zero-order valence-electron chi connectivity index (χ0n) is 7.12. The molecule has 1 heterocycles. The van der Waals surface area contributed by atoms with Gasteiger partial charge in [-0.25, -0.2) is 0 Å². The first-order valence-corrected chi connectivity index (χ1v) is 6.10. The third-order valence-electron chi connectivity index (χ3n) is 2.01. The van der Waals surface area contributed by atoms with Gasteiger partial charge in [0.15, 0.2) is 0 Å². The van der Waals surface area contributed by atoms with Gasteiger partial charge < -0.3 is 0 Å². The molecule has 0 aliphatic heterocycles. The fourth-order valence-electron chi connectivity index (χ4n) is 1.31. The molecule has 0 bridgehead atoms. The van der Waals surface area contributed by atoms with Crippen LogP contribution < -0.4 is 0 Å². The molecule has 0 fully saturated rings. The molecule has 2 rings (SSSR count). The summed E-state index contributed by atoms with van der Waals surface area (Å²) < 4.78 is 2.20. The third-order valence-corrected chi connectivity index (χ3v) is 4.74. The van der Waals surface area contributed by atoms with Crippen LogP contribution in [0.3, 0.4) is 0 Å². The van der Waals surface area contributed by atoms with Crippen molar-refractivity contribution in [1.29, 1.82) is 5.26 Å². The standard InChI is InChI=1S/C10H6BrNS2/c11-9-6(3-4-12)1-2-7-8(13)5-14-10(7)9/h1-2,5,13H,3H2. The van der Waals surface area contributed by atoms with Crippen molar-refractivity contribution in [2.24, 2.45) is 0 Å². The highest BCUT2D eigenvalue weighted by atomic mass is 79.9. The predicted molar refractivity (Wildman–Crippen MR) is 66.1 cm³/mol. The first-order chi connectivity index (χ1) is 6.74. The number of hydrogen-bond acceptors (Lipinski definition) is 3. The lowest BCUT2D eigenvalue weighted by atomic mass is 10.1. The molecule has 0 aliphatic carbocycles. The molecular formula is C10H6BrNS2. The smallest absolute Gasteiger partial charge is 0.0670 e. The predicted octanol–water partition coefficient (Wildman–Crippen LogP) is 4.02. The van der Waals surface area contributed by atoms with Gasteiger partial charge in [0, 0.05) is 24.8 Å². The van der Waals surface area contributed by atoms with Crippen LogP contribution in [0.4, 0.5) is 0 Å². The normalized spacial score (nSPS) is 10.4. The fourth-order valence-corrected chi connectivity index (χ4v) is 3.40. The number of rotatable bonds is 1. The maximum absolute atomic E-state index is 8.64. The number of benzene rings is 1. The average molecular weight is 284 g/mol. The number of fused-ring (bicyclic) bond motifs is 1. The Morgan fingerprint density at radius 2 is 2.29 bits per heavy atom. The number of hydrogen-bond donors (Lipinski definition) is 1. The van der Waals surface area contributed by atoms with Crippen molar-refractivity contribution < 1.29 is 0 Å². The van der Waals surface area contributed by atoms with E-state index in [1.54, 1.807) is 11.3 Å². The summed E-state index contributed by atoms with van der Waals surface area (Å²) in [6.45, 7) is 0. The highest BCUT2D eigenvalue weighted by Crippen LogP contribution is 2.36. The molecular weight excluding hydrogens is 278 g/mol. The van der Waals surface area contributed by atoms with E-state index < -0.39 is 0 Å². The summed E-state index contributed by atoms with van der Waals surface area (Å²) >= 11 is 9.53. The van der Waals surface area contributed by atoms with Gasteiger partial charge in [-0.15, -0.1) is 24.0 Å². The molecule has 0 radical (unpaired) electrons. The lowest BCUT2D eigenvalue weighted by molar-refractivity contribution is 1.26.